The topological polar surface area (TPSA) is 49.4 Å². The number of hydrogen-bond acceptors (Lipinski definition) is 3. The SMILES string of the molecule is CN(Cc1ccccc1)S(=O)(=O)c1ccc(NCc2ccccc2)cc1. The first kappa shape index (κ1) is 18.2. The summed E-state index contributed by atoms with van der Waals surface area (Å²) < 4.78 is 26.8. The minimum absolute atomic E-state index is 0.293. The van der Waals surface area contributed by atoms with Gasteiger partial charge in [-0.25, -0.2) is 8.42 Å². The van der Waals surface area contributed by atoms with Gasteiger partial charge in [0.2, 0.25) is 10.0 Å². The van der Waals surface area contributed by atoms with Crippen molar-refractivity contribution in [3.63, 3.8) is 0 Å². The van der Waals surface area contributed by atoms with E-state index in [1.54, 1.807) is 31.3 Å². The van der Waals surface area contributed by atoms with Gasteiger partial charge in [0.05, 0.1) is 4.90 Å². The summed E-state index contributed by atoms with van der Waals surface area (Å²) in [5.74, 6) is 0. The summed E-state index contributed by atoms with van der Waals surface area (Å²) in [5, 5.41) is 3.30. The highest BCUT2D eigenvalue weighted by atomic mass is 32.2. The fourth-order valence-corrected chi connectivity index (χ4v) is 3.81. The highest BCUT2D eigenvalue weighted by Gasteiger charge is 2.20. The van der Waals surface area contributed by atoms with Crippen molar-refractivity contribution in [2.24, 2.45) is 0 Å². The second-order valence-electron chi connectivity index (χ2n) is 6.11. The smallest absolute Gasteiger partial charge is 0.243 e. The van der Waals surface area contributed by atoms with Crippen LogP contribution in [0.5, 0.6) is 0 Å². The molecule has 0 atom stereocenters. The lowest BCUT2D eigenvalue weighted by atomic mass is 10.2. The Morgan fingerprint density at radius 3 is 1.88 bits per heavy atom. The summed E-state index contributed by atoms with van der Waals surface area (Å²) >= 11 is 0. The fraction of sp³-hybridized carbons (Fsp3) is 0.143. The molecule has 0 spiro atoms. The Balaban J connectivity index is 1.66. The minimum Gasteiger partial charge on any atom is -0.381 e. The number of hydrogen-bond donors (Lipinski definition) is 1. The molecule has 0 radical (unpaired) electrons. The second-order valence-corrected chi connectivity index (χ2v) is 8.16. The lowest BCUT2D eigenvalue weighted by molar-refractivity contribution is 0.467. The van der Waals surface area contributed by atoms with Crippen LogP contribution in [0.15, 0.2) is 89.8 Å². The van der Waals surface area contributed by atoms with Crippen molar-refractivity contribution in [1.29, 1.82) is 0 Å². The molecule has 0 aromatic heterocycles. The molecule has 3 rings (SSSR count). The maximum atomic E-state index is 12.7. The fourth-order valence-electron chi connectivity index (χ4n) is 2.65. The van der Waals surface area contributed by atoms with Crippen molar-refractivity contribution in [3.8, 4) is 0 Å². The quantitative estimate of drug-likeness (QED) is 0.684. The summed E-state index contributed by atoms with van der Waals surface area (Å²) in [6, 6.07) is 26.5. The maximum Gasteiger partial charge on any atom is 0.243 e. The number of anilines is 1. The van der Waals surface area contributed by atoms with Crippen LogP contribution < -0.4 is 5.32 Å². The predicted molar refractivity (Wildman–Crippen MR) is 105 cm³/mol. The molecule has 3 aromatic rings. The molecule has 0 unspecified atom stereocenters. The average Bonchev–Trinajstić information content (AvgIpc) is 2.68. The molecule has 5 heteroatoms. The largest absolute Gasteiger partial charge is 0.381 e. The number of nitrogens with one attached hydrogen (secondary N) is 1. The van der Waals surface area contributed by atoms with E-state index in [4.69, 9.17) is 0 Å². The summed E-state index contributed by atoms with van der Waals surface area (Å²) in [7, 11) is -1.91. The monoisotopic (exact) mass is 366 g/mol. The van der Waals surface area contributed by atoms with Crippen LogP contribution in [0.1, 0.15) is 11.1 Å². The minimum atomic E-state index is -3.52. The van der Waals surface area contributed by atoms with Crippen molar-refractivity contribution < 1.29 is 8.42 Å². The van der Waals surface area contributed by atoms with Crippen LogP contribution in [-0.4, -0.2) is 19.8 Å². The van der Waals surface area contributed by atoms with Gasteiger partial charge in [-0.15, -0.1) is 0 Å². The second kappa shape index (κ2) is 8.17. The average molecular weight is 366 g/mol. The highest BCUT2D eigenvalue weighted by Crippen LogP contribution is 2.19. The van der Waals surface area contributed by atoms with Gasteiger partial charge in [-0.1, -0.05) is 60.7 Å². The van der Waals surface area contributed by atoms with Crippen LogP contribution in [-0.2, 0) is 23.1 Å². The van der Waals surface area contributed by atoms with E-state index in [-0.39, 0.29) is 0 Å². The van der Waals surface area contributed by atoms with E-state index in [1.807, 2.05) is 60.7 Å². The Labute approximate surface area is 155 Å². The first-order chi connectivity index (χ1) is 12.6. The predicted octanol–water partition coefficient (Wildman–Crippen LogP) is 4.12. The van der Waals surface area contributed by atoms with Crippen LogP contribution in [0.2, 0.25) is 0 Å². The molecule has 0 amide bonds. The van der Waals surface area contributed by atoms with Crippen LogP contribution in [0, 0.1) is 0 Å². The molecule has 4 nitrogen and oxygen atoms in total. The van der Waals surface area contributed by atoms with Crippen LogP contribution in [0.3, 0.4) is 0 Å². The molecule has 1 N–H and O–H groups in total. The Morgan fingerprint density at radius 2 is 1.31 bits per heavy atom. The van der Waals surface area contributed by atoms with E-state index < -0.39 is 10.0 Å². The molecule has 3 aromatic carbocycles. The number of sulfonamides is 1. The van der Waals surface area contributed by atoms with Gasteiger partial charge in [0.1, 0.15) is 0 Å². The zero-order chi connectivity index (χ0) is 18.4. The summed E-state index contributed by atoms with van der Waals surface area (Å²) in [6.07, 6.45) is 0. The molecule has 134 valence electrons. The van der Waals surface area contributed by atoms with Gasteiger partial charge >= 0.3 is 0 Å². The molecule has 0 fully saturated rings. The Kier molecular flexibility index (Phi) is 5.71. The number of rotatable bonds is 7. The van der Waals surface area contributed by atoms with Crippen molar-refractivity contribution in [3.05, 3.63) is 96.1 Å². The van der Waals surface area contributed by atoms with Gasteiger partial charge in [0, 0.05) is 25.8 Å². The summed E-state index contributed by atoms with van der Waals surface area (Å²) in [6.45, 7) is 1.04. The Morgan fingerprint density at radius 1 is 0.769 bits per heavy atom. The number of nitrogens with zero attached hydrogens (tertiary/aromatic N) is 1. The molecule has 0 heterocycles. The zero-order valence-corrected chi connectivity index (χ0v) is 15.5. The third kappa shape index (κ3) is 4.50. The lowest BCUT2D eigenvalue weighted by Gasteiger charge is -2.17. The lowest BCUT2D eigenvalue weighted by Crippen LogP contribution is -2.26. The number of benzene rings is 3. The van der Waals surface area contributed by atoms with E-state index in [0.717, 1.165) is 11.3 Å². The normalized spacial score (nSPS) is 11.5. The first-order valence-corrected chi connectivity index (χ1v) is 9.88. The molecule has 0 aliphatic carbocycles. The van der Waals surface area contributed by atoms with Crippen molar-refractivity contribution in [2.45, 2.75) is 18.0 Å². The third-order valence-corrected chi connectivity index (χ3v) is 5.97. The third-order valence-electron chi connectivity index (χ3n) is 4.15. The highest BCUT2D eigenvalue weighted by molar-refractivity contribution is 7.89. The Bertz CT molecular complexity index is 925. The maximum absolute atomic E-state index is 12.7. The zero-order valence-electron chi connectivity index (χ0n) is 14.7. The molecular formula is C21H22N2O2S. The van der Waals surface area contributed by atoms with E-state index >= 15 is 0 Å². The molecular weight excluding hydrogens is 344 g/mol. The molecule has 0 saturated heterocycles. The van der Waals surface area contributed by atoms with Crippen LogP contribution >= 0.6 is 0 Å². The molecule has 0 aliphatic heterocycles. The van der Waals surface area contributed by atoms with Gasteiger partial charge in [0.25, 0.3) is 0 Å². The van der Waals surface area contributed by atoms with Gasteiger partial charge < -0.3 is 5.32 Å². The van der Waals surface area contributed by atoms with E-state index in [2.05, 4.69) is 5.32 Å². The first-order valence-electron chi connectivity index (χ1n) is 8.44. The van der Waals surface area contributed by atoms with Gasteiger partial charge in [-0.2, -0.15) is 4.31 Å². The summed E-state index contributed by atoms with van der Waals surface area (Å²) in [4.78, 5) is 0.293. The molecule has 0 aliphatic rings. The van der Waals surface area contributed by atoms with Crippen molar-refractivity contribution in [2.75, 3.05) is 12.4 Å². The molecule has 26 heavy (non-hydrogen) atoms. The van der Waals surface area contributed by atoms with Crippen molar-refractivity contribution >= 4 is 15.7 Å². The summed E-state index contributed by atoms with van der Waals surface area (Å²) in [5.41, 5.74) is 3.02. The van der Waals surface area contributed by atoms with Crippen LogP contribution in [0.25, 0.3) is 0 Å². The van der Waals surface area contributed by atoms with E-state index in [1.165, 1.54) is 9.87 Å². The molecule has 0 bridgehead atoms. The van der Waals surface area contributed by atoms with E-state index in [0.29, 0.717) is 18.0 Å². The standard InChI is InChI=1S/C21H22N2O2S/c1-23(17-19-10-6-3-7-11-19)26(24,25)21-14-12-20(13-15-21)22-16-18-8-4-2-5-9-18/h2-15,22H,16-17H2,1H3. The van der Waals surface area contributed by atoms with E-state index in [9.17, 15) is 8.42 Å². The van der Waals surface area contributed by atoms with Gasteiger partial charge in [-0.3, -0.25) is 0 Å². The Hall–Kier alpha value is -2.63. The van der Waals surface area contributed by atoms with Crippen molar-refractivity contribution in [1.82, 2.24) is 4.31 Å². The van der Waals surface area contributed by atoms with Crippen LogP contribution in [0.4, 0.5) is 5.69 Å². The van der Waals surface area contributed by atoms with Gasteiger partial charge in [-0.05, 0) is 35.4 Å². The van der Waals surface area contributed by atoms with Gasteiger partial charge in [0.15, 0.2) is 0 Å². The molecule has 0 saturated carbocycles.